The van der Waals surface area contributed by atoms with Crippen LogP contribution in [0.5, 0.6) is 5.75 Å². The summed E-state index contributed by atoms with van der Waals surface area (Å²) in [5, 5.41) is 3.71. The Morgan fingerprint density at radius 3 is 2.58 bits per heavy atom. The van der Waals surface area contributed by atoms with Gasteiger partial charge in [-0.25, -0.2) is 4.79 Å². The van der Waals surface area contributed by atoms with E-state index in [4.69, 9.17) is 9.15 Å². The topological polar surface area (TPSA) is 88.9 Å². The molecule has 0 unspecified atom stereocenters. The maximum Gasteiger partial charge on any atom is 0.339 e. The fourth-order valence-corrected chi connectivity index (χ4v) is 4.34. The Hall–Kier alpha value is -3.61. The van der Waals surface area contributed by atoms with Crippen molar-refractivity contribution < 1.29 is 18.7 Å². The molecule has 0 aliphatic carbocycles. The zero-order valence-electron chi connectivity index (χ0n) is 19.2. The number of likely N-dealkylation sites (tertiary alicyclic amines) is 1. The predicted octanol–water partition coefficient (Wildman–Crippen LogP) is 4.23. The average molecular weight is 449 g/mol. The number of ether oxygens (including phenoxy) is 1. The summed E-state index contributed by atoms with van der Waals surface area (Å²) in [6.45, 7) is 5.25. The molecule has 0 saturated carbocycles. The second-order valence-electron chi connectivity index (χ2n) is 8.38. The Morgan fingerprint density at radius 1 is 1.09 bits per heavy atom. The molecule has 2 aromatic carbocycles. The van der Waals surface area contributed by atoms with E-state index in [2.05, 4.69) is 5.32 Å². The smallest absolute Gasteiger partial charge is 0.339 e. The molecule has 1 aromatic heterocycles. The minimum absolute atomic E-state index is 0.00197. The summed E-state index contributed by atoms with van der Waals surface area (Å²) in [7, 11) is 1.55. The summed E-state index contributed by atoms with van der Waals surface area (Å²) in [6, 6.07) is 10.7. The molecule has 0 spiro atoms. The molecule has 172 valence electrons. The van der Waals surface area contributed by atoms with Crippen molar-refractivity contribution in [2.75, 3.05) is 25.5 Å². The largest absolute Gasteiger partial charge is 0.497 e. The molecular weight excluding hydrogens is 420 g/mol. The van der Waals surface area contributed by atoms with Gasteiger partial charge < -0.3 is 19.4 Å². The third kappa shape index (κ3) is 4.62. The molecule has 33 heavy (non-hydrogen) atoms. The number of nitrogens with zero attached hydrogens (tertiary/aromatic N) is 1. The lowest BCUT2D eigenvalue weighted by Crippen LogP contribution is -2.28. The molecule has 1 fully saturated rings. The lowest BCUT2D eigenvalue weighted by molar-refractivity contribution is -0.116. The number of hydrogen-bond acceptors (Lipinski definition) is 5. The van der Waals surface area contributed by atoms with Crippen LogP contribution in [-0.2, 0) is 11.2 Å². The van der Waals surface area contributed by atoms with Gasteiger partial charge in [0.2, 0.25) is 5.91 Å². The van der Waals surface area contributed by atoms with Gasteiger partial charge in [-0.15, -0.1) is 0 Å². The second-order valence-corrected chi connectivity index (χ2v) is 8.38. The summed E-state index contributed by atoms with van der Waals surface area (Å²) >= 11 is 0. The first-order valence-electron chi connectivity index (χ1n) is 11.2. The molecule has 2 heterocycles. The molecule has 1 aliphatic rings. The Kier molecular flexibility index (Phi) is 6.49. The number of anilines is 1. The lowest BCUT2D eigenvalue weighted by atomic mass is 10.0. The van der Waals surface area contributed by atoms with E-state index in [0.717, 1.165) is 42.4 Å². The van der Waals surface area contributed by atoms with Crippen LogP contribution in [0.4, 0.5) is 5.69 Å². The number of carbonyl (C=O) groups excluding carboxylic acids is 2. The molecule has 1 aliphatic heterocycles. The third-order valence-electron chi connectivity index (χ3n) is 6.33. The molecule has 3 aromatic rings. The Balaban J connectivity index is 1.48. The molecule has 2 amide bonds. The van der Waals surface area contributed by atoms with Crippen molar-refractivity contribution in [3.63, 3.8) is 0 Å². The number of rotatable bonds is 6. The van der Waals surface area contributed by atoms with Crippen LogP contribution in [0.25, 0.3) is 11.0 Å². The van der Waals surface area contributed by atoms with Crippen LogP contribution in [0.1, 0.15) is 46.3 Å². The van der Waals surface area contributed by atoms with Gasteiger partial charge in [0.15, 0.2) is 0 Å². The molecule has 0 bridgehead atoms. The lowest BCUT2D eigenvalue weighted by Gasteiger charge is -2.18. The minimum atomic E-state index is -0.449. The van der Waals surface area contributed by atoms with E-state index in [1.165, 1.54) is 0 Å². The summed E-state index contributed by atoms with van der Waals surface area (Å²) in [5.74, 6) is 0.387. The quantitative estimate of drug-likeness (QED) is 0.570. The molecule has 0 radical (unpaired) electrons. The number of amides is 2. The van der Waals surface area contributed by atoms with Gasteiger partial charge >= 0.3 is 5.63 Å². The molecule has 4 rings (SSSR count). The van der Waals surface area contributed by atoms with E-state index in [1.807, 2.05) is 30.9 Å². The predicted molar refractivity (Wildman–Crippen MR) is 127 cm³/mol. The van der Waals surface area contributed by atoms with Gasteiger partial charge in [-0.1, -0.05) is 6.07 Å². The van der Waals surface area contributed by atoms with Gasteiger partial charge in [0, 0.05) is 47.8 Å². The highest BCUT2D eigenvalue weighted by atomic mass is 16.5. The highest BCUT2D eigenvalue weighted by Gasteiger charge is 2.22. The number of hydrogen-bond donors (Lipinski definition) is 1. The van der Waals surface area contributed by atoms with Crippen molar-refractivity contribution in [1.82, 2.24) is 4.90 Å². The number of fused-ring (bicyclic) bond motifs is 1. The summed E-state index contributed by atoms with van der Waals surface area (Å²) < 4.78 is 10.7. The highest BCUT2D eigenvalue weighted by molar-refractivity contribution is 5.99. The van der Waals surface area contributed by atoms with Crippen LogP contribution in [-0.4, -0.2) is 36.9 Å². The maximum absolute atomic E-state index is 12.8. The standard InChI is InChI=1S/C26H28N2O5/c1-16-19-10-9-18(32-3)15-23(19)33-26(31)21(16)11-12-24(29)27-22-8-6-7-20(17(22)2)25(30)28-13-4-5-14-28/h6-10,15H,4-5,11-14H2,1-3H3,(H,27,29). The summed E-state index contributed by atoms with van der Waals surface area (Å²) in [6.07, 6.45) is 2.43. The Bertz CT molecular complexity index is 1270. The number of benzene rings is 2. The SMILES string of the molecule is COc1ccc2c(C)c(CCC(=O)Nc3cccc(C(=O)N4CCCC4)c3C)c(=O)oc2c1. The maximum atomic E-state index is 12.8. The van der Waals surface area contributed by atoms with Crippen LogP contribution in [0, 0.1) is 13.8 Å². The Labute approximate surface area is 192 Å². The van der Waals surface area contributed by atoms with E-state index >= 15 is 0 Å². The van der Waals surface area contributed by atoms with Crippen LogP contribution in [0.15, 0.2) is 45.6 Å². The molecule has 7 heteroatoms. The summed E-state index contributed by atoms with van der Waals surface area (Å²) in [4.78, 5) is 39.9. The zero-order valence-corrected chi connectivity index (χ0v) is 19.2. The fourth-order valence-electron chi connectivity index (χ4n) is 4.34. The van der Waals surface area contributed by atoms with Gasteiger partial charge in [0.1, 0.15) is 11.3 Å². The van der Waals surface area contributed by atoms with Gasteiger partial charge in [-0.3, -0.25) is 9.59 Å². The van der Waals surface area contributed by atoms with Gasteiger partial charge in [0.05, 0.1) is 7.11 Å². The van der Waals surface area contributed by atoms with Crippen molar-refractivity contribution in [1.29, 1.82) is 0 Å². The minimum Gasteiger partial charge on any atom is -0.497 e. The average Bonchev–Trinajstić information content (AvgIpc) is 3.34. The first-order valence-corrected chi connectivity index (χ1v) is 11.2. The van der Waals surface area contributed by atoms with Crippen molar-refractivity contribution in [2.45, 2.75) is 39.5 Å². The van der Waals surface area contributed by atoms with Crippen molar-refractivity contribution in [3.8, 4) is 5.75 Å². The van der Waals surface area contributed by atoms with Crippen LogP contribution in [0.3, 0.4) is 0 Å². The second kappa shape index (κ2) is 9.48. The number of aryl methyl sites for hydroxylation is 1. The van der Waals surface area contributed by atoms with Crippen LogP contribution < -0.4 is 15.7 Å². The number of nitrogens with one attached hydrogen (secondary N) is 1. The number of carbonyl (C=O) groups is 2. The van der Waals surface area contributed by atoms with Gasteiger partial charge in [-0.2, -0.15) is 0 Å². The van der Waals surface area contributed by atoms with Crippen molar-refractivity contribution in [2.24, 2.45) is 0 Å². The monoisotopic (exact) mass is 448 g/mol. The van der Waals surface area contributed by atoms with Gasteiger partial charge in [0.25, 0.3) is 5.91 Å². The van der Waals surface area contributed by atoms with E-state index in [-0.39, 0.29) is 24.7 Å². The first kappa shape index (κ1) is 22.6. The van der Waals surface area contributed by atoms with Gasteiger partial charge in [-0.05, 0) is 68.5 Å². The van der Waals surface area contributed by atoms with E-state index in [9.17, 15) is 14.4 Å². The van der Waals surface area contributed by atoms with E-state index in [1.54, 1.807) is 31.4 Å². The Morgan fingerprint density at radius 2 is 1.85 bits per heavy atom. The third-order valence-corrected chi connectivity index (χ3v) is 6.33. The first-order chi connectivity index (χ1) is 15.9. The zero-order chi connectivity index (χ0) is 23.5. The molecule has 1 saturated heterocycles. The molecule has 0 atom stereocenters. The summed E-state index contributed by atoms with van der Waals surface area (Å²) in [5.41, 5.74) is 3.26. The molecule has 1 N–H and O–H groups in total. The van der Waals surface area contributed by atoms with Crippen molar-refractivity contribution >= 4 is 28.5 Å². The normalized spacial score (nSPS) is 13.4. The fraction of sp³-hybridized carbons (Fsp3) is 0.346. The van der Waals surface area contributed by atoms with Crippen LogP contribution >= 0.6 is 0 Å². The van der Waals surface area contributed by atoms with Crippen molar-refractivity contribution in [3.05, 3.63) is 69.1 Å². The van der Waals surface area contributed by atoms with Crippen LogP contribution in [0.2, 0.25) is 0 Å². The van der Waals surface area contributed by atoms with E-state index in [0.29, 0.717) is 28.1 Å². The molecular formula is C26H28N2O5. The van der Waals surface area contributed by atoms with E-state index < -0.39 is 5.63 Å². The molecule has 7 nitrogen and oxygen atoms in total. The number of methoxy groups -OCH3 is 1. The highest BCUT2D eigenvalue weighted by Crippen LogP contribution is 2.25.